The van der Waals surface area contributed by atoms with Crippen LogP contribution in [0.4, 0.5) is 5.82 Å². The molecule has 0 spiro atoms. The fourth-order valence-corrected chi connectivity index (χ4v) is 4.19. The van der Waals surface area contributed by atoms with Crippen molar-refractivity contribution in [1.82, 2.24) is 15.0 Å². The number of hydrogen-bond acceptors (Lipinski definition) is 5. The molecule has 1 N–H and O–H groups in total. The van der Waals surface area contributed by atoms with Gasteiger partial charge in [-0.05, 0) is 35.2 Å². The minimum Gasteiger partial charge on any atom is -0.366 e. The minimum atomic E-state index is 0.634. The van der Waals surface area contributed by atoms with Crippen LogP contribution in [0.15, 0.2) is 96.6 Å². The van der Waals surface area contributed by atoms with Crippen molar-refractivity contribution in [2.75, 3.05) is 5.32 Å². The molecule has 0 atom stereocenters. The number of benzene rings is 2. The Morgan fingerprint density at radius 1 is 0.781 bits per heavy atom. The lowest BCUT2D eigenvalue weighted by atomic mass is 10.1. The van der Waals surface area contributed by atoms with Gasteiger partial charge in [-0.3, -0.25) is 4.98 Å². The quantitative estimate of drug-likeness (QED) is 0.294. The molecule has 0 amide bonds. The van der Waals surface area contributed by atoms with E-state index in [-0.39, 0.29) is 0 Å². The summed E-state index contributed by atoms with van der Waals surface area (Å²) >= 11 is 7.70. The second kappa shape index (κ2) is 9.30. The van der Waals surface area contributed by atoms with E-state index in [2.05, 4.69) is 27.8 Å². The normalized spacial score (nSPS) is 10.8. The monoisotopic (exact) mass is 454 g/mol. The number of anilines is 1. The maximum atomic E-state index is 6.01. The van der Waals surface area contributed by atoms with Gasteiger partial charge in [0.05, 0.1) is 5.69 Å². The number of nitrogens with zero attached hydrogens (tertiary/aromatic N) is 3. The molecular weight excluding hydrogens is 436 g/mol. The molecule has 0 fully saturated rings. The Balaban J connectivity index is 1.52. The third-order valence-corrected chi connectivity index (χ3v) is 6.16. The Hall–Kier alpha value is -3.54. The Bertz CT molecular complexity index is 1320. The van der Waals surface area contributed by atoms with Crippen molar-refractivity contribution in [3.05, 3.63) is 107 Å². The Labute approximate surface area is 195 Å². The molecule has 0 aliphatic carbocycles. The summed E-state index contributed by atoms with van der Waals surface area (Å²) in [5, 5.41) is 6.22. The van der Waals surface area contributed by atoms with Gasteiger partial charge in [0.15, 0.2) is 5.82 Å². The Morgan fingerprint density at radius 2 is 1.59 bits per heavy atom. The van der Waals surface area contributed by atoms with E-state index in [0.29, 0.717) is 12.4 Å². The molecule has 5 aromatic rings. The molecule has 32 heavy (non-hydrogen) atoms. The highest BCUT2D eigenvalue weighted by atomic mass is 35.5. The van der Waals surface area contributed by atoms with Crippen LogP contribution < -0.4 is 5.32 Å². The summed E-state index contributed by atoms with van der Waals surface area (Å²) in [5.41, 5.74) is 4.94. The van der Waals surface area contributed by atoms with Crippen molar-refractivity contribution >= 4 is 28.8 Å². The number of pyridine rings is 1. The van der Waals surface area contributed by atoms with Crippen molar-refractivity contribution in [3.8, 4) is 33.1 Å². The van der Waals surface area contributed by atoms with Gasteiger partial charge in [-0.25, -0.2) is 9.97 Å². The third-order valence-electron chi connectivity index (χ3n) is 4.98. The number of rotatable bonds is 6. The lowest BCUT2D eigenvalue weighted by Crippen LogP contribution is -2.04. The number of nitrogens with one attached hydrogen (secondary N) is 1. The highest BCUT2D eigenvalue weighted by molar-refractivity contribution is 7.13. The minimum absolute atomic E-state index is 0.634. The van der Waals surface area contributed by atoms with E-state index in [1.807, 2.05) is 79.1 Å². The van der Waals surface area contributed by atoms with Crippen LogP contribution in [-0.2, 0) is 6.54 Å². The van der Waals surface area contributed by atoms with Crippen molar-refractivity contribution in [1.29, 1.82) is 0 Å². The van der Waals surface area contributed by atoms with Crippen LogP contribution in [0.1, 0.15) is 5.56 Å². The fraction of sp³-hybridized carbons (Fsp3) is 0.0385. The summed E-state index contributed by atoms with van der Waals surface area (Å²) in [7, 11) is 0. The second-order valence-electron chi connectivity index (χ2n) is 7.25. The van der Waals surface area contributed by atoms with Gasteiger partial charge in [0.25, 0.3) is 0 Å². The van der Waals surface area contributed by atoms with Crippen molar-refractivity contribution in [3.63, 3.8) is 0 Å². The lowest BCUT2D eigenvalue weighted by Gasteiger charge is -2.11. The first-order valence-electron chi connectivity index (χ1n) is 10.2. The molecule has 156 valence electrons. The zero-order chi connectivity index (χ0) is 21.8. The van der Waals surface area contributed by atoms with Crippen molar-refractivity contribution in [2.24, 2.45) is 0 Å². The molecule has 4 nitrogen and oxygen atoms in total. The molecular formula is C26H19ClN4S. The number of aromatic nitrogens is 3. The van der Waals surface area contributed by atoms with Gasteiger partial charge in [0.2, 0.25) is 0 Å². The summed E-state index contributed by atoms with van der Waals surface area (Å²) in [5.74, 6) is 1.42. The Morgan fingerprint density at radius 3 is 2.38 bits per heavy atom. The fourth-order valence-electron chi connectivity index (χ4n) is 3.35. The smallest absolute Gasteiger partial charge is 0.162 e. The maximum Gasteiger partial charge on any atom is 0.162 e. The summed E-state index contributed by atoms with van der Waals surface area (Å²) in [6, 6.07) is 26.0. The first-order chi connectivity index (χ1) is 15.7. The molecule has 5 rings (SSSR count). The second-order valence-corrected chi connectivity index (χ2v) is 8.63. The van der Waals surface area contributed by atoms with Crippen LogP contribution >= 0.6 is 22.9 Å². The van der Waals surface area contributed by atoms with Crippen LogP contribution in [0.2, 0.25) is 5.02 Å². The van der Waals surface area contributed by atoms with Crippen LogP contribution in [0.5, 0.6) is 0 Å². The van der Waals surface area contributed by atoms with E-state index in [0.717, 1.165) is 38.8 Å². The van der Waals surface area contributed by atoms with E-state index >= 15 is 0 Å². The van der Waals surface area contributed by atoms with Gasteiger partial charge >= 0.3 is 0 Å². The average Bonchev–Trinajstić information content (AvgIpc) is 3.39. The number of hydrogen-bond donors (Lipinski definition) is 1. The van der Waals surface area contributed by atoms with E-state index in [4.69, 9.17) is 21.6 Å². The molecule has 0 radical (unpaired) electrons. The molecule has 3 heterocycles. The van der Waals surface area contributed by atoms with E-state index in [1.165, 1.54) is 4.88 Å². The molecule has 0 unspecified atom stereocenters. The van der Waals surface area contributed by atoms with Crippen LogP contribution in [-0.4, -0.2) is 15.0 Å². The number of thiophene rings is 1. The van der Waals surface area contributed by atoms with E-state index in [9.17, 15) is 0 Å². The summed E-state index contributed by atoms with van der Waals surface area (Å²) < 4.78 is 0. The van der Waals surface area contributed by atoms with Gasteiger partial charge in [0, 0.05) is 51.6 Å². The van der Waals surface area contributed by atoms with Crippen LogP contribution in [0.25, 0.3) is 33.1 Å². The summed E-state index contributed by atoms with van der Waals surface area (Å²) in [6.45, 7) is 0.634. The van der Waals surface area contributed by atoms with Gasteiger partial charge < -0.3 is 5.32 Å². The van der Waals surface area contributed by atoms with Crippen molar-refractivity contribution < 1.29 is 0 Å². The molecule has 0 aliphatic heterocycles. The summed E-state index contributed by atoms with van der Waals surface area (Å²) in [4.78, 5) is 15.3. The maximum absolute atomic E-state index is 6.01. The molecule has 0 saturated carbocycles. The molecule has 3 aromatic heterocycles. The SMILES string of the molecule is Clc1ccc(CNc2cc(-c3cncc(-c4cccs4)c3)nc(-c3ccccc3)n2)cc1. The van der Waals surface area contributed by atoms with Gasteiger partial charge in [-0.2, -0.15) is 0 Å². The van der Waals surface area contributed by atoms with Crippen LogP contribution in [0, 0.1) is 0 Å². The van der Waals surface area contributed by atoms with E-state index < -0.39 is 0 Å². The topological polar surface area (TPSA) is 50.7 Å². The standard InChI is InChI=1S/C26H19ClN4S/c27-22-10-8-18(9-11-22)15-29-25-14-23(30-26(31-25)19-5-2-1-3-6-19)20-13-21(17-28-16-20)24-7-4-12-32-24/h1-14,16-17H,15H2,(H,29,30,31). The predicted molar refractivity (Wildman–Crippen MR) is 133 cm³/mol. The summed E-state index contributed by atoms with van der Waals surface area (Å²) in [6.07, 6.45) is 3.73. The van der Waals surface area contributed by atoms with Gasteiger partial charge in [-0.15, -0.1) is 11.3 Å². The largest absolute Gasteiger partial charge is 0.366 e. The highest BCUT2D eigenvalue weighted by Gasteiger charge is 2.11. The first kappa shape index (κ1) is 20.4. The van der Waals surface area contributed by atoms with Gasteiger partial charge in [0.1, 0.15) is 5.82 Å². The molecule has 0 saturated heterocycles. The van der Waals surface area contributed by atoms with Crippen LogP contribution in [0.3, 0.4) is 0 Å². The zero-order valence-electron chi connectivity index (χ0n) is 17.1. The zero-order valence-corrected chi connectivity index (χ0v) is 18.6. The molecule has 0 aliphatic rings. The molecule has 2 aromatic carbocycles. The third kappa shape index (κ3) is 4.69. The van der Waals surface area contributed by atoms with E-state index in [1.54, 1.807) is 11.3 Å². The first-order valence-corrected chi connectivity index (χ1v) is 11.4. The number of halogens is 1. The highest BCUT2D eigenvalue weighted by Crippen LogP contribution is 2.29. The Kier molecular flexibility index (Phi) is 5.92. The van der Waals surface area contributed by atoms with Gasteiger partial charge in [-0.1, -0.05) is 60.1 Å². The predicted octanol–water partition coefficient (Wildman–Crippen LogP) is 7.20. The molecule has 0 bridgehead atoms. The molecule has 6 heteroatoms. The van der Waals surface area contributed by atoms with Crippen molar-refractivity contribution in [2.45, 2.75) is 6.54 Å². The lowest BCUT2D eigenvalue weighted by molar-refractivity contribution is 1.09. The average molecular weight is 455 g/mol.